The van der Waals surface area contributed by atoms with Gasteiger partial charge in [-0.15, -0.1) is 0 Å². The van der Waals surface area contributed by atoms with Gasteiger partial charge in [-0.05, 0) is 18.8 Å². The van der Waals surface area contributed by atoms with Crippen LogP contribution in [0.25, 0.3) is 0 Å². The van der Waals surface area contributed by atoms with E-state index in [4.69, 9.17) is 4.74 Å². The summed E-state index contributed by atoms with van der Waals surface area (Å²) in [6.07, 6.45) is 19.7. The Morgan fingerprint density at radius 3 is 1.45 bits per heavy atom. The molecule has 0 aliphatic heterocycles. The standard InChI is InChI=1S/C20H41IO/c1-20(2)16-13-11-9-7-5-3-4-6-8-10-12-14-18-22-19-15-17-21/h20H,3-19H2,1-2H3. The molecule has 0 aliphatic carbocycles. The highest BCUT2D eigenvalue weighted by Gasteiger charge is 1.96. The zero-order chi connectivity index (χ0) is 16.3. The van der Waals surface area contributed by atoms with Crippen molar-refractivity contribution in [2.75, 3.05) is 17.6 Å². The first-order valence-corrected chi connectivity index (χ1v) is 11.4. The van der Waals surface area contributed by atoms with Crippen LogP contribution >= 0.6 is 22.6 Å². The van der Waals surface area contributed by atoms with E-state index in [1.54, 1.807) is 0 Å². The van der Waals surface area contributed by atoms with Crippen molar-refractivity contribution in [1.82, 2.24) is 0 Å². The summed E-state index contributed by atoms with van der Waals surface area (Å²) in [5, 5.41) is 0. The fraction of sp³-hybridized carbons (Fsp3) is 1.00. The highest BCUT2D eigenvalue weighted by molar-refractivity contribution is 14.1. The molecule has 2 heteroatoms. The van der Waals surface area contributed by atoms with E-state index in [2.05, 4.69) is 36.4 Å². The van der Waals surface area contributed by atoms with Crippen LogP contribution < -0.4 is 0 Å². The molecule has 0 fully saturated rings. The van der Waals surface area contributed by atoms with E-state index in [-0.39, 0.29) is 0 Å². The summed E-state index contributed by atoms with van der Waals surface area (Å²) in [6, 6.07) is 0. The molecule has 22 heavy (non-hydrogen) atoms. The van der Waals surface area contributed by atoms with E-state index >= 15 is 0 Å². The Morgan fingerprint density at radius 2 is 1.00 bits per heavy atom. The molecular weight excluding hydrogens is 383 g/mol. The van der Waals surface area contributed by atoms with Gasteiger partial charge in [0.1, 0.15) is 0 Å². The minimum absolute atomic E-state index is 0.891. The lowest BCUT2D eigenvalue weighted by Crippen LogP contribution is -1.97. The highest BCUT2D eigenvalue weighted by Crippen LogP contribution is 2.14. The lowest BCUT2D eigenvalue weighted by Gasteiger charge is -2.05. The predicted octanol–water partition coefficient (Wildman–Crippen LogP) is 7.56. The molecule has 0 bridgehead atoms. The summed E-state index contributed by atoms with van der Waals surface area (Å²) in [6.45, 7) is 6.60. The summed E-state index contributed by atoms with van der Waals surface area (Å²) < 4.78 is 6.80. The second-order valence-corrected chi connectivity index (χ2v) is 8.16. The normalized spacial score (nSPS) is 11.5. The monoisotopic (exact) mass is 424 g/mol. The third kappa shape index (κ3) is 20.7. The molecule has 0 aromatic heterocycles. The third-order valence-corrected chi connectivity index (χ3v) is 5.01. The molecule has 0 rings (SSSR count). The van der Waals surface area contributed by atoms with E-state index < -0.39 is 0 Å². The van der Waals surface area contributed by atoms with Gasteiger partial charge in [0.25, 0.3) is 0 Å². The maximum Gasteiger partial charge on any atom is 0.0473 e. The van der Waals surface area contributed by atoms with Crippen molar-refractivity contribution < 1.29 is 4.74 Å². The first-order valence-electron chi connectivity index (χ1n) is 9.91. The Hall–Kier alpha value is 0.690. The molecule has 0 saturated carbocycles. The maximum absolute atomic E-state index is 5.58. The number of hydrogen-bond acceptors (Lipinski definition) is 1. The summed E-state index contributed by atoms with van der Waals surface area (Å²) >= 11 is 2.41. The van der Waals surface area contributed by atoms with E-state index in [9.17, 15) is 0 Å². The van der Waals surface area contributed by atoms with Crippen molar-refractivity contribution >= 4 is 22.6 Å². The number of ether oxygens (including phenoxy) is 1. The minimum Gasteiger partial charge on any atom is -0.381 e. The number of rotatable bonds is 18. The third-order valence-electron chi connectivity index (χ3n) is 4.24. The molecule has 0 aromatic rings. The number of alkyl halides is 1. The van der Waals surface area contributed by atoms with Gasteiger partial charge in [-0.3, -0.25) is 0 Å². The quantitative estimate of drug-likeness (QED) is 0.125. The molecule has 0 N–H and O–H groups in total. The van der Waals surface area contributed by atoms with E-state index in [1.165, 1.54) is 94.3 Å². The van der Waals surface area contributed by atoms with Gasteiger partial charge >= 0.3 is 0 Å². The Kier molecular flexibility index (Phi) is 20.4. The topological polar surface area (TPSA) is 9.23 Å². The SMILES string of the molecule is CC(C)CCCCCCCCCCCCCCOCCCI. The van der Waals surface area contributed by atoms with Crippen LogP contribution in [0.1, 0.15) is 104 Å². The summed E-state index contributed by atoms with van der Waals surface area (Å²) in [7, 11) is 0. The smallest absolute Gasteiger partial charge is 0.0473 e. The van der Waals surface area contributed by atoms with Crippen LogP contribution in [0, 0.1) is 5.92 Å². The van der Waals surface area contributed by atoms with Gasteiger partial charge in [-0.2, -0.15) is 0 Å². The zero-order valence-electron chi connectivity index (χ0n) is 15.4. The molecule has 0 unspecified atom stereocenters. The Balaban J connectivity index is 2.94. The second kappa shape index (κ2) is 19.7. The molecule has 134 valence electrons. The Bertz CT molecular complexity index is 194. The van der Waals surface area contributed by atoms with Gasteiger partial charge in [0.15, 0.2) is 0 Å². The first kappa shape index (κ1) is 22.7. The fourth-order valence-electron chi connectivity index (χ4n) is 2.78. The highest BCUT2D eigenvalue weighted by atomic mass is 127. The molecule has 0 spiro atoms. The van der Waals surface area contributed by atoms with Crippen LogP contribution in [0.3, 0.4) is 0 Å². The van der Waals surface area contributed by atoms with Crippen LogP contribution in [0.2, 0.25) is 0 Å². The lowest BCUT2D eigenvalue weighted by molar-refractivity contribution is 0.131. The van der Waals surface area contributed by atoms with Crippen LogP contribution in [0.5, 0.6) is 0 Å². The van der Waals surface area contributed by atoms with Gasteiger partial charge < -0.3 is 4.74 Å². The predicted molar refractivity (Wildman–Crippen MR) is 109 cm³/mol. The molecule has 0 amide bonds. The van der Waals surface area contributed by atoms with Crippen molar-refractivity contribution in [3.05, 3.63) is 0 Å². The number of unbranched alkanes of at least 4 members (excludes halogenated alkanes) is 11. The average Bonchev–Trinajstić information content (AvgIpc) is 2.50. The fourth-order valence-corrected chi connectivity index (χ4v) is 3.09. The Morgan fingerprint density at radius 1 is 0.591 bits per heavy atom. The van der Waals surface area contributed by atoms with Crippen molar-refractivity contribution in [3.8, 4) is 0 Å². The van der Waals surface area contributed by atoms with Gasteiger partial charge in [0.05, 0.1) is 0 Å². The molecule has 1 nitrogen and oxygen atoms in total. The van der Waals surface area contributed by atoms with Crippen molar-refractivity contribution in [2.24, 2.45) is 5.92 Å². The van der Waals surface area contributed by atoms with E-state index in [0.29, 0.717) is 0 Å². The summed E-state index contributed by atoms with van der Waals surface area (Å²) in [5.41, 5.74) is 0. The molecule has 0 atom stereocenters. The number of halogens is 1. The van der Waals surface area contributed by atoms with Gasteiger partial charge in [0, 0.05) is 17.6 Å². The molecular formula is C20H41IO. The summed E-state index contributed by atoms with van der Waals surface area (Å²) in [5.74, 6) is 0.891. The van der Waals surface area contributed by atoms with Gasteiger partial charge in [0.2, 0.25) is 0 Å². The molecule has 0 aromatic carbocycles. The molecule has 0 saturated heterocycles. The number of hydrogen-bond donors (Lipinski definition) is 0. The zero-order valence-corrected chi connectivity index (χ0v) is 17.5. The largest absolute Gasteiger partial charge is 0.381 e. The first-order chi connectivity index (χ1) is 10.8. The summed E-state index contributed by atoms with van der Waals surface area (Å²) in [4.78, 5) is 0. The molecule has 0 radical (unpaired) electrons. The van der Waals surface area contributed by atoms with Crippen molar-refractivity contribution in [2.45, 2.75) is 104 Å². The van der Waals surface area contributed by atoms with Crippen molar-refractivity contribution in [3.63, 3.8) is 0 Å². The van der Waals surface area contributed by atoms with Crippen molar-refractivity contribution in [1.29, 1.82) is 0 Å². The second-order valence-electron chi connectivity index (χ2n) is 7.08. The van der Waals surface area contributed by atoms with Gasteiger partial charge in [-0.1, -0.05) is 113 Å². The Labute approximate surface area is 154 Å². The average molecular weight is 424 g/mol. The van der Waals surface area contributed by atoms with E-state index in [0.717, 1.165) is 19.1 Å². The van der Waals surface area contributed by atoms with Crippen LogP contribution in [-0.2, 0) is 4.74 Å². The van der Waals surface area contributed by atoms with E-state index in [1.807, 2.05) is 0 Å². The lowest BCUT2D eigenvalue weighted by atomic mass is 10.0. The molecule has 0 heterocycles. The maximum atomic E-state index is 5.58. The van der Waals surface area contributed by atoms with Gasteiger partial charge in [-0.25, -0.2) is 0 Å². The molecule has 0 aliphatic rings. The van der Waals surface area contributed by atoms with Crippen LogP contribution in [-0.4, -0.2) is 17.6 Å². The van der Waals surface area contributed by atoms with Crippen LogP contribution in [0.15, 0.2) is 0 Å². The van der Waals surface area contributed by atoms with Crippen LogP contribution in [0.4, 0.5) is 0 Å². The minimum atomic E-state index is 0.891.